The Hall–Kier alpha value is -0.600. The van der Waals surface area contributed by atoms with Gasteiger partial charge < -0.3 is 15.2 Å². The minimum atomic E-state index is -3.15. The summed E-state index contributed by atoms with van der Waals surface area (Å²) in [4.78, 5) is 23.3. The quantitative estimate of drug-likeness (QED) is 0.343. The lowest BCUT2D eigenvalue weighted by Gasteiger charge is -2.24. The second-order valence-electron chi connectivity index (χ2n) is 4.79. The number of carbonyl (C=O) groups excluding carboxylic acids is 2. The van der Waals surface area contributed by atoms with Gasteiger partial charge in [-0.15, -0.1) is 0 Å². The Kier molecular flexibility index (Phi) is 11.6. The van der Waals surface area contributed by atoms with Crippen molar-refractivity contribution < 1.29 is 23.6 Å². The van der Waals surface area contributed by atoms with Gasteiger partial charge in [0.05, 0.1) is 19.1 Å². The van der Waals surface area contributed by atoms with Gasteiger partial charge in [-0.2, -0.15) is 0 Å². The number of hydrogen-bond acceptors (Lipinski definition) is 7. The van der Waals surface area contributed by atoms with E-state index in [1.807, 2.05) is 0 Å². The summed E-state index contributed by atoms with van der Waals surface area (Å²) >= 11 is 1.10. The molecule has 0 aliphatic heterocycles. The van der Waals surface area contributed by atoms with Gasteiger partial charge in [0.2, 0.25) is 0 Å². The lowest BCUT2D eigenvalue weighted by atomic mass is 10.2. The molecule has 0 rings (SSSR count). The van der Waals surface area contributed by atoms with E-state index in [0.29, 0.717) is 18.9 Å². The predicted molar refractivity (Wildman–Crippen MR) is 92.1 cm³/mol. The average Bonchev–Trinajstić information content (AvgIpc) is 2.51. The van der Waals surface area contributed by atoms with Crippen molar-refractivity contribution in [1.82, 2.24) is 10.2 Å². The van der Waals surface area contributed by atoms with Crippen LogP contribution < -0.4 is 15.9 Å². The highest BCUT2D eigenvalue weighted by molar-refractivity contribution is 8.56. The summed E-state index contributed by atoms with van der Waals surface area (Å²) in [6.07, 6.45) is 0. The van der Waals surface area contributed by atoms with Crippen LogP contribution in [-0.2, 0) is 23.6 Å². The first-order valence-electron chi connectivity index (χ1n) is 7.60. The largest absolute Gasteiger partial charge is 0.466 e. The van der Waals surface area contributed by atoms with Crippen molar-refractivity contribution in [3.63, 3.8) is 0 Å². The van der Waals surface area contributed by atoms with E-state index in [4.69, 9.17) is 15.2 Å². The molecule has 0 aromatic rings. The molecule has 1 unspecified atom stereocenters. The highest BCUT2D eigenvalue weighted by Crippen LogP contribution is 2.51. The Morgan fingerprint density at radius 1 is 1.17 bits per heavy atom. The first-order valence-corrected chi connectivity index (χ1v) is 10.9. The predicted octanol–water partition coefficient (Wildman–Crippen LogP) is 1.12. The first-order chi connectivity index (χ1) is 10.8. The zero-order chi connectivity index (χ0) is 17.9. The maximum Gasteiger partial charge on any atom is 0.323 e. The van der Waals surface area contributed by atoms with E-state index >= 15 is 0 Å². The monoisotopic (exact) mass is 369 g/mol. The lowest BCUT2D eigenvalue weighted by Crippen LogP contribution is -2.37. The van der Waals surface area contributed by atoms with Gasteiger partial charge in [-0.1, -0.05) is 18.3 Å². The molecular weight excluding hydrogens is 341 g/mol. The molecule has 8 nitrogen and oxygen atoms in total. The van der Waals surface area contributed by atoms with E-state index in [0.717, 1.165) is 11.4 Å². The highest BCUT2D eigenvalue weighted by atomic mass is 32.7. The van der Waals surface area contributed by atoms with Gasteiger partial charge in [0, 0.05) is 18.8 Å². The molecule has 0 aliphatic rings. The van der Waals surface area contributed by atoms with Gasteiger partial charge in [0.15, 0.2) is 0 Å². The molecule has 0 aromatic carbocycles. The Bertz CT molecular complexity index is 424. The summed E-state index contributed by atoms with van der Waals surface area (Å²) in [5.74, 6) is -0.864. The van der Waals surface area contributed by atoms with Crippen molar-refractivity contribution in [1.29, 1.82) is 0 Å². The molecule has 0 saturated heterocycles. The van der Waals surface area contributed by atoms with Gasteiger partial charge in [-0.3, -0.25) is 14.2 Å². The number of esters is 2. The molecule has 0 bridgehead atoms. The minimum absolute atomic E-state index is 0.163. The summed E-state index contributed by atoms with van der Waals surface area (Å²) in [7, 11) is 0. The number of ether oxygens (including phenoxy) is 2. The third-order valence-corrected chi connectivity index (χ3v) is 7.14. The Morgan fingerprint density at radius 3 is 2.26 bits per heavy atom. The van der Waals surface area contributed by atoms with Gasteiger partial charge in [-0.05, 0) is 20.8 Å². The maximum absolute atomic E-state index is 12.9. The van der Waals surface area contributed by atoms with Gasteiger partial charge in [0.25, 0.3) is 6.65 Å². The fourth-order valence-electron chi connectivity index (χ4n) is 1.51. The van der Waals surface area contributed by atoms with Crippen LogP contribution in [0.25, 0.3) is 0 Å². The van der Waals surface area contributed by atoms with Crippen LogP contribution in [0.3, 0.4) is 0 Å². The smallest absolute Gasteiger partial charge is 0.323 e. The van der Waals surface area contributed by atoms with E-state index in [9.17, 15) is 14.2 Å². The SMILES string of the molecule is CCOC(=O)[C@H](C)CNP(=O)(N[C@@H](C)C(=O)OCC)SCCN. The molecule has 10 heteroatoms. The molecule has 0 amide bonds. The minimum Gasteiger partial charge on any atom is -0.466 e. The van der Waals surface area contributed by atoms with Crippen molar-refractivity contribution in [3.05, 3.63) is 0 Å². The van der Waals surface area contributed by atoms with Crippen molar-refractivity contribution >= 4 is 30.0 Å². The van der Waals surface area contributed by atoms with Crippen LogP contribution in [0, 0.1) is 5.92 Å². The molecule has 136 valence electrons. The molecule has 0 aliphatic carbocycles. The third-order valence-electron chi connectivity index (χ3n) is 2.69. The van der Waals surface area contributed by atoms with Crippen LogP contribution in [0.4, 0.5) is 0 Å². The van der Waals surface area contributed by atoms with Crippen molar-refractivity contribution in [2.75, 3.05) is 32.1 Å². The molecule has 23 heavy (non-hydrogen) atoms. The average molecular weight is 369 g/mol. The molecule has 4 N–H and O–H groups in total. The van der Waals surface area contributed by atoms with E-state index in [1.165, 1.54) is 0 Å². The van der Waals surface area contributed by atoms with Gasteiger partial charge in [-0.25, -0.2) is 10.2 Å². The van der Waals surface area contributed by atoms with Crippen molar-refractivity contribution in [2.45, 2.75) is 33.7 Å². The standard InChI is InChI=1S/C13H28N3O5PS/c1-5-20-12(17)10(3)9-15-22(19,23-8-7-14)16-11(4)13(18)21-6-2/h10-11H,5-9,14H2,1-4H3,(H2,15,16,19)/t10-,11+,22?/m1/s1. The second-order valence-corrected chi connectivity index (χ2v) is 9.45. The summed E-state index contributed by atoms with van der Waals surface area (Å²) in [6, 6.07) is -0.739. The molecule has 0 saturated carbocycles. The molecule has 0 spiro atoms. The topological polar surface area (TPSA) is 120 Å². The van der Waals surface area contributed by atoms with Crippen LogP contribution in [0.1, 0.15) is 27.7 Å². The van der Waals surface area contributed by atoms with Crippen LogP contribution in [0.15, 0.2) is 0 Å². The van der Waals surface area contributed by atoms with E-state index < -0.39 is 24.6 Å². The fraction of sp³-hybridized carbons (Fsp3) is 0.846. The van der Waals surface area contributed by atoms with Crippen LogP contribution in [0.2, 0.25) is 0 Å². The fourth-order valence-corrected chi connectivity index (χ4v) is 5.54. The molecule has 0 radical (unpaired) electrons. The summed E-state index contributed by atoms with van der Waals surface area (Å²) in [6.45, 7) is 4.57. The van der Waals surface area contributed by atoms with E-state index in [1.54, 1.807) is 27.7 Å². The van der Waals surface area contributed by atoms with Gasteiger partial charge >= 0.3 is 11.9 Å². The Balaban J connectivity index is 4.73. The highest BCUT2D eigenvalue weighted by Gasteiger charge is 2.29. The Labute approximate surface area is 141 Å². The molecular formula is C13H28N3O5PS. The van der Waals surface area contributed by atoms with Crippen LogP contribution in [0.5, 0.6) is 0 Å². The lowest BCUT2D eigenvalue weighted by molar-refractivity contribution is -0.147. The summed E-state index contributed by atoms with van der Waals surface area (Å²) in [5, 5.41) is 5.61. The third kappa shape index (κ3) is 9.32. The number of rotatable bonds is 12. The molecule has 0 heterocycles. The Morgan fingerprint density at radius 2 is 1.74 bits per heavy atom. The first kappa shape index (κ1) is 22.4. The van der Waals surface area contributed by atoms with Crippen molar-refractivity contribution in [3.8, 4) is 0 Å². The normalized spacial score (nSPS) is 16.2. The number of carbonyl (C=O) groups is 2. The number of nitrogens with two attached hydrogens (primary N) is 1. The molecule has 3 atom stereocenters. The van der Waals surface area contributed by atoms with Crippen molar-refractivity contribution in [2.24, 2.45) is 11.7 Å². The maximum atomic E-state index is 12.9. The number of hydrogen-bond donors (Lipinski definition) is 3. The number of nitrogens with one attached hydrogen (secondary N) is 2. The summed E-state index contributed by atoms with van der Waals surface area (Å²) < 4.78 is 22.7. The van der Waals surface area contributed by atoms with E-state index in [2.05, 4.69) is 10.2 Å². The van der Waals surface area contributed by atoms with E-state index in [-0.39, 0.29) is 19.1 Å². The molecule has 0 fully saturated rings. The summed E-state index contributed by atoms with van der Waals surface area (Å²) in [5.41, 5.74) is 5.45. The molecule has 0 aromatic heterocycles. The second kappa shape index (κ2) is 11.9. The van der Waals surface area contributed by atoms with Crippen LogP contribution >= 0.6 is 18.0 Å². The zero-order valence-corrected chi connectivity index (χ0v) is 15.9. The zero-order valence-electron chi connectivity index (χ0n) is 14.2. The van der Waals surface area contributed by atoms with Gasteiger partial charge in [0.1, 0.15) is 6.04 Å². The van der Waals surface area contributed by atoms with Crippen LogP contribution in [-0.4, -0.2) is 50.0 Å².